The van der Waals surface area contributed by atoms with E-state index in [0.717, 1.165) is 0 Å². The summed E-state index contributed by atoms with van der Waals surface area (Å²) in [5.74, 6) is 0. The van der Waals surface area contributed by atoms with Crippen molar-refractivity contribution >= 4 is 5.59 Å². The molecule has 2 heteroatoms. The second-order valence-electron chi connectivity index (χ2n) is 7.81. The molecule has 0 amide bonds. The molecule has 0 atom stereocenters. The monoisotopic (exact) mass is 383 g/mol. The van der Waals surface area contributed by atoms with Crippen LogP contribution in [0.5, 0.6) is 0 Å². The fourth-order valence-corrected chi connectivity index (χ4v) is 16.0. The molecule has 20 heavy (non-hydrogen) atoms. The number of hydrogen-bond donors (Lipinski definition) is 0. The van der Waals surface area contributed by atoms with Crippen molar-refractivity contribution in [1.82, 2.24) is 0 Å². The first-order valence-corrected chi connectivity index (χ1v) is 14.2. The van der Waals surface area contributed by atoms with E-state index in [0.29, 0.717) is 0 Å². The van der Waals surface area contributed by atoms with Crippen molar-refractivity contribution in [1.29, 1.82) is 0 Å². The van der Waals surface area contributed by atoms with Crippen molar-refractivity contribution in [3.05, 3.63) is 0 Å². The van der Waals surface area contributed by atoms with E-state index >= 15 is 0 Å². The van der Waals surface area contributed by atoms with Crippen LogP contribution in [0.3, 0.4) is 0 Å². The molecule has 3 aliphatic carbocycles. The maximum atomic E-state index is 3.54. The summed E-state index contributed by atoms with van der Waals surface area (Å²) in [7, 11) is 0. The van der Waals surface area contributed by atoms with E-state index in [2.05, 4.69) is 17.8 Å². The van der Waals surface area contributed by atoms with Gasteiger partial charge in [-0.3, -0.25) is 0 Å². The Kier molecular flexibility index (Phi) is 6.01. The molecule has 0 unspecified atom stereocenters. The number of rotatable bonds is 3. The molecule has 0 aromatic rings. The molecule has 0 nitrogen and oxygen atoms in total. The van der Waals surface area contributed by atoms with Gasteiger partial charge in [0.05, 0.1) is 0 Å². The van der Waals surface area contributed by atoms with Crippen LogP contribution < -0.4 is 0 Å². The predicted molar refractivity (Wildman–Crippen MR) is 88.9 cm³/mol. The molecule has 0 aliphatic heterocycles. The SMILES string of the molecule is [Ru][PH](C1CCCCC1)(C1CCCCC1)C1CCCCC1. The third-order valence-corrected chi connectivity index (χ3v) is 18.5. The van der Waals surface area contributed by atoms with E-state index in [-0.39, 0.29) is 0 Å². The third-order valence-electron chi connectivity index (χ3n) is 6.66. The Morgan fingerprint density at radius 3 is 0.950 bits per heavy atom. The zero-order valence-electron chi connectivity index (χ0n) is 13.2. The molecule has 0 saturated heterocycles. The van der Waals surface area contributed by atoms with Crippen molar-refractivity contribution in [2.24, 2.45) is 0 Å². The Balaban J connectivity index is 1.79. The summed E-state index contributed by atoms with van der Waals surface area (Å²) in [6, 6.07) is 0. The van der Waals surface area contributed by atoms with Crippen molar-refractivity contribution in [3.8, 4) is 0 Å². The van der Waals surface area contributed by atoms with Crippen molar-refractivity contribution in [2.75, 3.05) is 0 Å². The molecule has 0 spiro atoms. The molecule has 3 fully saturated rings. The van der Waals surface area contributed by atoms with Crippen LogP contribution in [0.15, 0.2) is 0 Å². The van der Waals surface area contributed by atoms with Crippen LogP contribution >= 0.6 is 5.59 Å². The molecule has 0 bridgehead atoms. The van der Waals surface area contributed by atoms with Gasteiger partial charge in [0.25, 0.3) is 0 Å². The van der Waals surface area contributed by atoms with E-state index in [1.807, 2.05) is 0 Å². The minimum absolute atomic E-state index is 1.12. The van der Waals surface area contributed by atoms with Gasteiger partial charge in [-0.05, 0) is 0 Å². The zero-order chi connectivity index (χ0) is 13.8. The quantitative estimate of drug-likeness (QED) is 0.403. The molecular weight excluding hydrogens is 348 g/mol. The molecule has 3 aliphatic rings. The van der Waals surface area contributed by atoms with Gasteiger partial charge < -0.3 is 0 Å². The van der Waals surface area contributed by atoms with Crippen LogP contribution in [0.1, 0.15) is 96.3 Å². The van der Waals surface area contributed by atoms with E-state index < -0.39 is 5.59 Å². The van der Waals surface area contributed by atoms with Gasteiger partial charge in [-0.25, -0.2) is 0 Å². The van der Waals surface area contributed by atoms with Crippen LogP contribution in [0.4, 0.5) is 0 Å². The van der Waals surface area contributed by atoms with Gasteiger partial charge in [-0.1, -0.05) is 0 Å². The summed E-state index contributed by atoms with van der Waals surface area (Å²) in [6.07, 6.45) is 23.5. The van der Waals surface area contributed by atoms with Gasteiger partial charge in [-0.15, -0.1) is 0 Å². The molecule has 0 N–H and O–H groups in total. The average Bonchev–Trinajstić information content (AvgIpc) is 2.56. The van der Waals surface area contributed by atoms with Crippen molar-refractivity contribution in [3.63, 3.8) is 0 Å². The normalized spacial score (nSPS) is 29.4. The Morgan fingerprint density at radius 2 is 0.700 bits per heavy atom. The fraction of sp³-hybridized carbons (Fsp3) is 1.00. The van der Waals surface area contributed by atoms with E-state index in [1.54, 1.807) is 77.0 Å². The Labute approximate surface area is 136 Å². The first-order chi connectivity index (χ1) is 9.82. The minimum atomic E-state index is -1.12. The number of hydrogen-bond acceptors (Lipinski definition) is 0. The summed E-state index contributed by atoms with van der Waals surface area (Å²) >= 11 is 3.54. The van der Waals surface area contributed by atoms with Gasteiger partial charge >= 0.3 is 137 Å². The van der Waals surface area contributed by atoms with E-state index in [9.17, 15) is 0 Å². The molecule has 0 aromatic heterocycles. The summed E-state index contributed by atoms with van der Waals surface area (Å²) in [4.78, 5) is 0. The molecule has 3 rings (SSSR count). The second-order valence-corrected chi connectivity index (χ2v) is 16.4. The maximum absolute atomic E-state index is 3.54. The first-order valence-electron chi connectivity index (χ1n) is 9.49. The standard InChI is InChI=1S/C18H33P.Ru/c1-4-10-16(11-5-1)19(17-12-6-2-7-13-17)18-14-8-3-9-15-18;/h16-18H,1-15H2;/q;-1/p+1. The average molecular weight is 383 g/mol. The summed E-state index contributed by atoms with van der Waals surface area (Å²) in [5, 5.41) is 0. The molecule has 119 valence electrons. The van der Waals surface area contributed by atoms with Gasteiger partial charge in [0.2, 0.25) is 0 Å². The fourth-order valence-electron chi connectivity index (χ4n) is 5.61. The molecule has 0 aromatic carbocycles. The van der Waals surface area contributed by atoms with Gasteiger partial charge in [0, 0.05) is 0 Å². The first kappa shape index (κ1) is 15.9. The van der Waals surface area contributed by atoms with Crippen molar-refractivity contribution < 1.29 is 17.8 Å². The van der Waals surface area contributed by atoms with Crippen molar-refractivity contribution in [2.45, 2.75) is 113 Å². The Morgan fingerprint density at radius 1 is 0.450 bits per heavy atom. The molecular formula is C18H34PRu. The van der Waals surface area contributed by atoms with E-state index in [1.165, 1.54) is 36.2 Å². The van der Waals surface area contributed by atoms with E-state index in [4.69, 9.17) is 0 Å². The molecule has 0 radical (unpaired) electrons. The van der Waals surface area contributed by atoms with Crippen LogP contribution in [-0.2, 0) is 17.8 Å². The van der Waals surface area contributed by atoms with Crippen LogP contribution in [0.25, 0.3) is 0 Å². The van der Waals surface area contributed by atoms with Crippen LogP contribution in [0, 0.1) is 0 Å². The second kappa shape index (κ2) is 7.55. The zero-order valence-corrected chi connectivity index (χ0v) is 15.9. The Bertz CT molecular complexity index is 240. The molecule has 0 heterocycles. The van der Waals surface area contributed by atoms with Gasteiger partial charge in [0.1, 0.15) is 0 Å². The molecule has 3 saturated carbocycles. The summed E-state index contributed by atoms with van der Waals surface area (Å²) in [5.41, 5.74) is 2.42. The third kappa shape index (κ3) is 3.35. The Hall–Kier alpha value is 1.05. The van der Waals surface area contributed by atoms with Gasteiger partial charge in [0.15, 0.2) is 0 Å². The topological polar surface area (TPSA) is 0 Å². The van der Waals surface area contributed by atoms with Gasteiger partial charge in [-0.2, -0.15) is 0 Å². The van der Waals surface area contributed by atoms with Crippen LogP contribution in [0.2, 0.25) is 0 Å². The summed E-state index contributed by atoms with van der Waals surface area (Å²) < 4.78 is 0. The summed E-state index contributed by atoms with van der Waals surface area (Å²) in [6.45, 7) is 0. The predicted octanol–water partition coefficient (Wildman–Crippen LogP) is 6.20. The van der Waals surface area contributed by atoms with Crippen LogP contribution in [-0.4, -0.2) is 17.0 Å².